The summed E-state index contributed by atoms with van der Waals surface area (Å²) >= 11 is 0. The molecule has 0 spiro atoms. The number of hydrogen-bond donors (Lipinski definition) is 0. The molecule has 1 heterocycles. The van der Waals surface area contributed by atoms with Gasteiger partial charge < -0.3 is 4.74 Å². The van der Waals surface area contributed by atoms with Crippen LogP contribution in [0.2, 0.25) is 0 Å². The highest BCUT2D eigenvalue weighted by atomic mass is 19.1. The Balaban J connectivity index is 1.75. The Labute approximate surface area is 126 Å². The molecule has 2 aromatic carbocycles. The van der Waals surface area contributed by atoms with Gasteiger partial charge in [0.1, 0.15) is 17.7 Å². The summed E-state index contributed by atoms with van der Waals surface area (Å²) in [5.74, 6) is -0.832. The second-order valence-electron chi connectivity index (χ2n) is 5.37. The summed E-state index contributed by atoms with van der Waals surface area (Å²) < 4.78 is 19.0. The molecule has 1 aliphatic heterocycles. The van der Waals surface area contributed by atoms with Crippen LogP contribution in [0, 0.1) is 5.82 Å². The third-order valence-electron chi connectivity index (χ3n) is 4.06. The van der Waals surface area contributed by atoms with Gasteiger partial charge >= 0.3 is 0 Å². The molecule has 1 aliphatic carbocycles. The van der Waals surface area contributed by atoms with Crippen LogP contribution >= 0.6 is 0 Å². The van der Waals surface area contributed by atoms with Crippen molar-refractivity contribution in [1.82, 2.24) is 0 Å². The molecule has 0 bridgehead atoms. The van der Waals surface area contributed by atoms with Gasteiger partial charge in [-0.15, -0.1) is 0 Å². The lowest BCUT2D eigenvalue weighted by atomic mass is 9.87. The van der Waals surface area contributed by atoms with Gasteiger partial charge in [-0.2, -0.15) is 0 Å². The molecule has 0 aromatic heterocycles. The third-order valence-corrected chi connectivity index (χ3v) is 4.06. The minimum Gasteiger partial charge on any atom is -0.484 e. The van der Waals surface area contributed by atoms with Crippen molar-refractivity contribution in [2.75, 3.05) is 0 Å². The van der Waals surface area contributed by atoms with Crippen LogP contribution in [-0.4, -0.2) is 11.6 Å². The number of benzene rings is 2. The molecule has 108 valence electrons. The first kappa shape index (κ1) is 13.0. The van der Waals surface area contributed by atoms with Crippen LogP contribution in [0.3, 0.4) is 0 Å². The van der Waals surface area contributed by atoms with Gasteiger partial charge in [0, 0.05) is 17.5 Å². The van der Waals surface area contributed by atoms with E-state index in [9.17, 15) is 14.0 Å². The fourth-order valence-corrected chi connectivity index (χ4v) is 2.96. The molecular formula is C18H11FO3. The van der Waals surface area contributed by atoms with Crippen LogP contribution in [0.4, 0.5) is 4.39 Å². The summed E-state index contributed by atoms with van der Waals surface area (Å²) in [4.78, 5) is 24.4. The highest BCUT2D eigenvalue weighted by molar-refractivity contribution is 6.52. The molecule has 1 atom stereocenters. The lowest BCUT2D eigenvalue weighted by molar-refractivity contribution is -0.112. The van der Waals surface area contributed by atoms with E-state index in [1.165, 1.54) is 12.1 Å². The van der Waals surface area contributed by atoms with Gasteiger partial charge in [-0.25, -0.2) is 4.39 Å². The summed E-state index contributed by atoms with van der Waals surface area (Å²) in [6, 6.07) is 12.9. The van der Waals surface area contributed by atoms with Crippen LogP contribution in [0.1, 0.15) is 34.0 Å². The molecule has 0 fully saturated rings. The zero-order valence-electron chi connectivity index (χ0n) is 11.5. The van der Waals surface area contributed by atoms with Crippen molar-refractivity contribution in [3.05, 3.63) is 76.6 Å². The zero-order chi connectivity index (χ0) is 15.3. The summed E-state index contributed by atoms with van der Waals surface area (Å²) in [6.45, 7) is 0. The minimum absolute atomic E-state index is 0.323. The van der Waals surface area contributed by atoms with Gasteiger partial charge in [0.05, 0.1) is 5.57 Å². The Hall–Kier alpha value is -2.75. The first-order valence-corrected chi connectivity index (χ1v) is 6.99. The number of hydrogen-bond acceptors (Lipinski definition) is 3. The van der Waals surface area contributed by atoms with Crippen molar-refractivity contribution >= 4 is 17.3 Å². The SMILES string of the molecule is O=C1C(=O)c2ccccc2C2=C1CC(c1ccc(F)cc1)O2. The molecular weight excluding hydrogens is 283 g/mol. The molecule has 22 heavy (non-hydrogen) atoms. The summed E-state index contributed by atoms with van der Waals surface area (Å²) in [6.07, 6.45) is -0.0339. The van der Waals surface area contributed by atoms with Crippen molar-refractivity contribution in [2.45, 2.75) is 12.5 Å². The molecule has 0 radical (unpaired) electrons. The second kappa shape index (κ2) is 4.63. The number of ether oxygens (including phenoxy) is 1. The standard InChI is InChI=1S/C18H11FO3/c19-11-7-5-10(6-8-11)15-9-14-17(21)16(20)12-3-1-2-4-13(12)18(14)22-15/h1-8,15H,9H2. The van der Waals surface area contributed by atoms with Crippen LogP contribution in [-0.2, 0) is 9.53 Å². The van der Waals surface area contributed by atoms with E-state index in [4.69, 9.17) is 4.74 Å². The van der Waals surface area contributed by atoms with Gasteiger partial charge in [-0.1, -0.05) is 36.4 Å². The smallest absolute Gasteiger partial charge is 0.234 e. The quantitative estimate of drug-likeness (QED) is 0.756. The molecule has 4 heteroatoms. The van der Waals surface area contributed by atoms with Crippen LogP contribution < -0.4 is 0 Å². The molecule has 0 N–H and O–H groups in total. The number of fused-ring (bicyclic) bond motifs is 2. The predicted octanol–water partition coefficient (Wildman–Crippen LogP) is 3.46. The Bertz CT molecular complexity index is 834. The number of carbonyl (C=O) groups is 2. The number of rotatable bonds is 1. The highest BCUT2D eigenvalue weighted by Gasteiger charge is 2.40. The van der Waals surface area contributed by atoms with E-state index in [1.54, 1.807) is 36.4 Å². The van der Waals surface area contributed by atoms with E-state index < -0.39 is 11.6 Å². The molecule has 0 saturated heterocycles. The number of carbonyl (C=O) groups excluding carboxylic acids is 2. The minimum atomic E-state index is -0.502. The number of Topliss-reactive ketones (excluding diaryl/α,β-unsaturated/α-hetero) is 2. The van der Waals surface area contributed by atoms with E-state index in [2.05, 4.69) is 0 Å². The Kier molecular flexibility index (Phi) is 2.73. The number of halogens is 1. The maximum Gasteiger partial charge on any atom is 0.234 e. The summed E-state index contributed by atoms with van der Waals surface area (Å²) in [5, 5.41) is 0. The predicted molar refractivity (Wildman–Crippen MR) is 77.5 cm³/mol. The molecule has 2 aromatic rings. The first-order valence-electron chi connectivity index (χ1n) is 6.99. The van der Waals surface area contributed by atoms with Crippen LogP contribution in [0.15, 0.2) is 54.1 Å². The van der Waals surface area contributed by atoms with Crippen molar-refractivity contribution in [3.8, 4) is 0 Å². The lowest BCUT2D eigenvalue weighted by Gasteiger charge is -2.16. The van der Waals surface area contributed by atoms with E-state index in [1.807, 2.05) is 0 Å². The molecule has 0 saturated carbocycles. The molecule has 0 amide bonds. The highest BCUT2D eigenvalue weighted by Crippen LogP contribution is 2.44. The normalized spacial score (nSPS) is 19.8. The van der Waals surface area contributed by atoms with Gasteiger partial charge in [0.25, 0.3) is 0 Å². The van der Waals surface area contributed by atoms with Crippen LogP contribution in [0.5, 0.6) is 0 Å². The maximum atomic E-state index is 13.0. The second-order valence-corrected chi connectivity index (χ2v) is 5.37. The third kappa shape index (κ3) is 1.80. The average molecular weight is 294 g/mol. The largest absolute Gasteiger partial charge is 0.484 e. The fourth-order valence-electron chi connectivity index (χ4n) is 2.96. The van der Waals surface area contributed by atoms with Gasteiger partial charge in [0.15, 0.2) is 0 Å². The molecule has 1 unspecified atom stereocenters. The topological polar surface area (TPSA) is 43.4 Å². The Morgan fingerprint density at radius 1 is 0.909 bits per heavy atom. The van der Waals surface area contributed by atoms with Crippen molar-refractivity contribution in [2.24, 2.45) is 0 Å². The Morgan fingerprint density at radius 3 is 2.32 bits per heavy atom. The van der Waals surface area contributed by atoms with Crippen molar-refractivity contribution in [3.63, 3.8) is 0 Å². The van der Waals surface area contributed by atoms with Crippen molar-refractivity contribution < 1.29 is 18.7 Å². The van der Waals surface area contributed by atoms with Gasteiger partial charge in [-0.3, -0.25) is 9.59 Å². The van der Waals surface area contributed by atoms with Crippen molar-refractivity contribution in [1.29, 1.82) is 0 Å². The molecule has 4 rings (SSSR count). The van der Waals surface area contributed by atoms with E-state index in [0.29, 0.717) is 28.9 Å². The maximum absolute atomic E-state index is 13.0. The fraction of sp³-hybridized carbons (Fsp3) is 0.111. The number of ketones is 2. The lowest BCUT2D eigenvalue weighted by Crippen LogP contribution is -2.22. The monoisotopic (exact) mass is 294 g/mol. The summed E-state index contributed by atoms with van der Waals surface area (Å²) in [5.41, 5.74) is 2.24. The van der Waals surface area contributed by atoms with Crippen LogP contribution in [0.25, 0.3) is 5.76 Å². The van der Waals surface area contributed by atoms with E-state index >= 15 is 0 Å². The Morgan fingerprint density at radius 2 is 1.59 bits per heavy atom. The molecule has 3 nitrogen and oxygen atoms in total. The van der Waals surface area contributed by atoms with Gasteiger partial charge in [-0.05, 0) is 17.7 Å². The first-order chi connectivity index (χ1) is 10.6. The van der Waals surface area contributed by atoms with Gasteiger partial charge in [0.2, 0.25) is 11.6 Å². The summed E-state index contributed by atoms with van der Waals surface area (Å²) in [7, 11) is 0. The average Bonchev–Trinajstić information content (AvgIpc) is 2.99. The zero-order valence-corrected chi connectivity index (χ0v) is 11.5. The molecule has 2 aliphatic rings. The van der Waals surface area contributed by atoms with E-state index in [-0.39, 0.29) is 11.9 Å². The van der Waals surface area contributed by atoms with E-state index in [0.717, 1.165) is 5.56 Å².